The summed E-state index contributed by atoms with van der Waals surface area (Å²) >= 11 is 1.26. The van der Waals surface area contributed by atoms with Crippen LogP contribution in [0, 0.1) is 6.92 Å². The number of aromatic nitrogens is 2. The molecule has 1 fully saturated rings. The third kappa shape index (κ3) is 3.84. The molecule has 1 saturated carbocycles. The lowest BCUT2D eigenvalue weighted by Crippen LogP contribution is -2.44. The summed E-state index contributed by atoms with van der Waals surface area (Å²) in [6, 6.07) is 14.2. The van der Waals surface area contributed by atoms with E-state index in [4.69, 9.17) is 10.5 Å². The zero-order valence-electron chi connectivity index (χ0n) is 19.5. The molecule has 1 aliphatic heterocycles. The van der Waals surface area contributed by atoms with E-state index in [1.54, 1.807) is 29.3 Å². The molecule has 2 aliphatic rings. The number of rotatable bonds is 5. The van der Waals surface area contributed by atoms with Gasteiger partial charge in [0.2, 0.25) is 5.88 Å². The number of hydrogen-bond donors (Lipinski definition) is 3. The largest absolute Gasteiger partial charge is 0.439 e. The maximum Gasteiger partial charge on any atom is 0.331 e. The van der Waals surface area contributed by atoms with Gasteiger partial charge in [-0.1, -0.05) is 18.2 Å². The van der Waals surface area contributed by atoms with Crippen molar-refractivity contribution >= 4 is 50.6 Å². The van der Waals surface area contributed by atoms with E-state index in [9.17, 15) is 9.59 Å². The molecule has 6 rings (SSSR count). The van der Waals surface area contributed by atoms with Gasteiger partial charge in [-0.3, -0.25) is 9.69 Å². The molecule has 182 valence electrons. The number of ether oxygens (including phenoxy) is 1. The van der Waals surface area contributed by atoms with E-state index in [1.807, 2.05) is 37.3 Å². The molecule has 4 N–H and O–H groups in total. The van der Waals surface area contributed by atoms with Crippen molar-refractivity contribution in [3.63, 3.8) is 0 Å². The van der Waals surface area contributed by atoms with Crippen molar-refractivity contribution in [2.75, 3.05) is 10.2 Å². The Labute approximate surface area is 211 Å². The number of amides is 3. The molecule has 4 heterocycles. The van der Waals surface area contributed by atoms with E-state index >= 15 is 0 Å². The molecule has 1 aromatic carbocycles. The van der Waals surface area contributed by atoms with Crippen LogP contribution >= 0.6 is 11.3 Å². The molecule has 0 bridgehead atoms. The molecule has 2 atom stereocenters. The van der Waals surface area contributed by atoms with E-state index in [-0.39, 0.29) is 24.0 Å². The summed E-state index contributed by atoms with van der Waals surface area (Å²) in [6.45, 7) is 1.83. The van der Waals surface area contributed by atoms with Gasteiger partial charge in [0.25, 0.3) is 5.91 Å². The average molecular weight is 501 g/mol. The van der Waals surface area contributed by atoms with Gasteiger partial charge in [0.1, 0.15) is 15.5 Å². The van der Waals surface area contributed by atoms with E-state index in [0.717, 1.165) is 24.6 Å². The molecule has 10 heteroatoms. The zero-order chi connectivity index (χ0) is 24.8. The maximum atomic E-state index is 13.4. The van der Waals surface area contributed by atoms with Gasteiger partial charge < -0.3 is 21.1 Å². The first-order valence-electron chi connectivity index (χ1n) is 11.8. The molecule has 0 unspecified atom stereocenters. The number of benzene rings is 1. The van der Waals surface area contributed by atoms with Crippen LogP contribution in [0.2, 0.25) is 0 Å². The fourth-order valence-corrected chi connectivity index (χ4v) is 5.84. The smallest absolute Gasteiger partial charge is 0.331 e. The number of para-hydroxylation sites is 1. The molecule has 0 spiro atoms. The Morgan fingerprint density at radius 3 is 2.75 bits per heavy atom. The molecule has 0 radical (unpaired) electrons. The standard InChI is InChI=1S/C26H24N6O3S/c1-14-18(10-11-20(29-14)35-15-6-3-2-4-7-15)32-19-12-13-28-25-21(19)22(31-26(32)34)23(36-25)24(33)30-17-9-5-8-16(17)27/h2-4,6-7,10-13,16-17H,5,8-9,27H2,1H3,(H,30,33)(H,31,34)/t16-,17-/m0/s1. The topological polar surface area (TPSA) is 122 Å². The molecular formula is C26H24N6O3S. The number of thiophene rings is 1. The zero-order valence-corrected chi connectivity index (χ0v) is 20.3. The second-order valence-electron chi connectivity index (χ2n) is 8.93. The van der Waals surface area contributed by atoms with E-state index in [2.05, 4.69) is 20.6 Å². The SMILES string of the molecule is Cc1nc(Oc2ccccc2)ccc1N1C(=O)Nc2c(C(=O)N[C@H]3CCC[C@@H]3N)sc3nccc1c23. The molecule has 3 amide bonds. The highest BCUT2D eigenvalue weighted by Gasteiger charge is 2.35. The summed E-state index contributed by atoms with van der Waals surface area (Å²) in [5.41, 5.74) is 8.51. The van der Waals surface area contributed by atoms with E-state index in [1.165, 1.54) is 11.3 Å². The number of anilines is 3. The lowest BCUT2D eigenvalue weighted by Gasteiger charge is -2.29. The van der Waals surface area contributed by atoms with Crippen LogP contribution in [0.3, 0.4) is 0 Å². The number of nitrogens with two attached hydrogens (primary N) is 1. The Morgan fingerprint density at radius 1 is 1.17 bits per heavy atom. The average Bonchev–Trinajstić information content (AvgIpc) is 3.45. The number of carbonyl (C=O) groups excluding carboxylic acids is 2. The molecule has 4 aromatic rings. The second-order valence-corrected chi connectivity index (χ2v) is 9.92. The van der Waals surface area contributed by atoms with Crippen LogP contribution in [0.5, 0.6) is 11.6 Å². The summed E-state index contributed by atoms with van der Waals surface area (Å²) in [7, 11) is 0. The summed E-state index contributed by atoms with van der Waals surface area (Å²) in [5, 5.41) is 6.70. The van der Waals surface area contributed by atoms with Crippen LogP contribution in [0.4, 0.5) is 21.9 Å². The molecule has 0 saturated heterocycles. The first kappa shape index (κ1) is 22.4. The number of hydrogen-bond acceptors (Lipinski definition) is 7. The second kappa shape index (κ2) is 8.89. The number of aryl methyl sites for hydroxylation is 1. The molecule has 36 heavy (non-hydrogen) atoms. The highest BCUT2D eigenvalue weighted by molar-refractivity contribution is 7.21. The van der Waals surface area contributed by atoms with Gasteiger partial charge in [-0.15, -0.1) is 11.3 Å². The van der Waals surface area contributed by atoms with Crippen molar-refractivity contribution in [3.8, 4) is 11.6 Å². The van der Waals surface area contributed by atoms with Gasteiger partial charge in [0.05, 0.1) is 28.1 Å². The van der Waals surface area contributed by atoms with Gasteiger partial charge in [-0.25, -0.2) is 14.8 Å². The minimum absolute atomic E-state index is 0.0530. The van der Waals surface area contributed by atoms with Crippen molar-refractivity contribution in [3.05, 3.63) is 65.3 Å². The van der Waals surface area contributed by atoms with Crippen molar-refractivity contribution in [1.82, 2.24) is 15.3 Å². The first-order valence-corrected chi connectivity index (χ1v) is 12.6. The summed E-state index contributed by atoms with van der Waals surface area (Å²) in [4.78, 5) is 38.2. The molecule has 9 nitrogen and oxygen atoms in total. The van der Waals surface area contributed by atoms with Crippen LogP contribution in [0.25, 0.3) is 10.2 Å². The number of urea groups is 1. The lowest BCUT2D eigenvalue weighted by molar-refractivity contribution is 0.0939. The van der Waals surface area contributed by atoms with Crippen LogP contribution in [0.15, 0.2) is 54.7 Å². The Hall–Kier alpha value is -4.02. The fourth-order valence-electron chi connectivity index (χ4n) is 4.82. The number of nitrogens with one attached hydrogen (secondary N) is 2. The molecule has 3 aromatic heterocycles. The third-order valence-corrected chi connectivity index (χ3v) is 7.67. The third-order valence-electron chi connectivity index (χ3n) is 6.58. The highest BCUT2D eigenvalue weighted by atomic mass is 32.1. The number of pyridine rings is 2. The van der Waals surface area contributed by atoms with Gasteiger partial charge in [0, 0.05) is 24.3 Å². The predicted molar refractivity (Wildman–Crippen MR) is 139 cm³/mol. The molecular weight excluding hydrogens is 476 g/mol. The van der Waals surface area contributed by atoms with Gasteiger partial charge in [-0.05, 0) is 50.5 Å². The van der Waals surface area contributed by atoms with Crippen molar-refractivity contribution in [2.45, 2.75) is 38.3 Å². The Morgan fingerprint density at radius 2 is 2.00 bits per heavy atom. The van der Waals surface area contributed by atoms with Gasteiger partial charge in [-0.2, -0.15) is 0 Å². The Kier molecular flexibility index (Phi) is 5.54. The van der Waals surface area contributed by atoms with Crippen molar-refractivity contribution < 1.29 is 14.3 Å². The predicted octanol–water partition coefficient (Wildman–Crippen LogP) is 5.09. The van der Waals surface area contributed by atoms with Crippen molar-refractivity contribution in [1.29, 1.82) is 0 Å². The monoisotopic (exact) mass is 500 g/mol. The van der Waals surface area contributed by atoms with Crippen LogP contribution in [-0.2, 0) is 0 Å². The van der Waals surface area contributed by atoms with Crippen molar-refractivity contribution in [2.24, 2.45) is 5.73 Å². The minimum Gasteiger partial charge on any atom is -0.439 e. The summed E-state index contributed by atoms with van der Waals surface area (Å²) in [6.07, 6.45) is 4.39. The van der Waals surface area contributed by atoms with Crippen LogP contribution < -0.4 is 26.0 Å². The minimum atomic E-state index is -0.373. The van der Waals surface area contributed by atoms with E-state index in [0.29, 0.717) is 44.1 Å². The quantitative estimate of drug-likeness (QED) is 0.351. The summed E-state index contributed by atoms with van der Waals surface area (Å²) < 4.78 is 5.84. The summed E-state index contributed by atoms with van der Waals surface area (Å²) in [5.74, 6) is 0.867. The van der Waals surface area contributed by atoms with Gasteiger partial charge in [0.15, 0.2) is 0 Å². The van der Waals surface area contributed by atoms with E-state index < -0.39 is 0 Å². The van der Waals surface area contributed by atoms with Crippen LogP contribution in [0.1, 0.15) is 34.6 Å². The maximum absolute atomic E-state index is 13.4. The molecule has 1 aliphatic carbocycles. The normalized spacial score (nSPS) is 18.8. The lowest BCUT2D eigenvalue weighted by atomic mass is 10.1. The Balaban J connectivity index is 1.35. The van der Waals surface area contributed by atoms with Gasteiger partial charge >= 0.3 is 6.03 Å². The highest BCUT2D eigenvalue weighted by Crippen LogP contribution is 2.46. The number of carbonyl (C=O) groups is 2. The fraction of sp³-hybridized carbons (Fsp3) is 0.231. The first-order chi connectivity index (χ1) is 17.5. The Bertz CT molecular complexity index is 1490. The van der Waals surface area contributed by atoms with Crippen LogP contribution in [-0.4, -0.2) is 34.0 Å². The number of nitrogens with zero attached hydrogens (tertiary/aromatic N) is 3.